The number of aryl methyl sites for hydroxylation is 1. The Hall–Kier alpha value is -1.51. The van der Waals surface area contributed by atoms with E-state index in [0.29, 0.717) is 25.1 Å². The van der Waals surface area contributed by atoms with Crippen molar-refractivity contribution in [3.8, 4) is 0 Å². The Labute approximate surface area is 154 Å². The minimum absolute atomic E-state index is 0.0897. The minimum Gasteiger partial charge on any atom is -0.340 e. The molecule has 2 saturated heterocycles. The Morgan fingerprint density at radius 2 is 1.73 bits per heavy atom. The molecule has 0 saturated carbocycles. The predicted octanol–water partition coefficient (Wildman–Crippen LogP) is 1.45. The number of likely N-dealkylation sites (tertiary alicyclic amines) is 1. The van der Waals surface area contributed by atoms with Crippen LogP contribution >= 0.6 is 0 Å². The molecule has 0 radical (unpaired) electrons. The van der Waals surface area contributed by atoms with Gasteiger partial charge in [-0.3, -0.25) is 4.79 Å². The van der Waals surface area contributed by atoms with Crippen molar-refractivity contribution in [3.05, 3.63) is 29.6 Å². The maximum Gasteiger partial charge on any atom is 0.243 e. The highest BCUT2D eigenvalue weighted by Gasteiger charge is 2.31. The lowest BCUT2D eigenvalue weighted by atomic mass is 10.2. The summed E-state index contributed by atoms with van der Waals surface area (Å²) in [6, 6.07) is 3.70. The third kappa shape index (κ3) is 4.24. The highest BCUT2D eigenvalue weighted by molar-refractivity contribution is 7.89. The van der Waals surface area contributed by atoms with Gasteiger partial charge >= 0.3 is 0 Å². The number of piperazine rings is 1. The second kappa shape index (κ2) is 8.02. The van der Waals surface area contributed by atoms with Gasteiger partial charge in [-0.1, -0.05) is 0 Å². The standard InChI is InChI=1S/C18H26FN3O3S/c1-15-14-16(19)4-5-17(15)26(24,25)22-12-10-21(11-13-22)18(23)6-9-20-7-2-3-8-20/h4-5,14H,2-3,6-13H2,1H3. The fraction of sp³-hybridized carbons (Fsp3) is 0.611. The summed E-state index contributed by atoms with van der Waals surface area (Å²) in [5.41, 5.74) is 0.397. The Balaban J connectivity index is 1.56. The van der Waals surface area contributed by atoms with E-state index in [-0.39, 0.29) is 23.9 Å². The van der Waals surface area contributed by atoms with Crippen molar-refractivity contribution in [2.24, 2.45) is 0 Å². The summed E-state index contributed by atoms with van der Waals surface area (Å²) < 4.78 is 40.2. The van der Waals surface area contributed by atoms with Gasteiger partial charge in [-0.05, 0) is 56.6 Å². The van der Waals surface area contributed by atoms with Gasteiger partial charge in [-0.25, -0.2) is 12.8 Å². The SMILES string of the molecule is Cc1cc(F)ccc1S(=O)(=O)N1CCN(C(=O)CCN2CCCC2)CC1. The van der Waals surface area contributed by atoms with Gasteiger partial charge in [0.1, 0.15) is 5.82 Å². The number of amides is 1. The Morgan fingerprint density at radius 1 is 1.08 bits per heavy atom. The van der Waals surface area contributed by atoms with E-state index in [1.165, 1.54) is 29.3 Å². The summed E-state index contributed by atoms with van der Waals surface area (Å²) in [7, 11) is -3.66. The van der Waals surface area contributed by atoms with Crippen molar-refractivity contribution in [3.63, 3.8) is 0 Å². The Bertz CT molecular complexity index is 755. The van der Waals surface area contributed by atoms with Crippen LogP contribution in [0.5, 0.6) is 0 Å². The van der Waals surface area contributed by atoms with E-state index in [1.54, 1.807) is 11.8 Å². The lowest BCUT2D eigenvalue weighted by Gasteiger charge is -2.34. The fourth-order valence-corrected chi connectivity index (χ4v) is 5.27. The second-order valence-electron chi connectivity index (χ2n) is 6.99. The Morgan fingerprint density at radius 3 is 2.35 bits per heavy atom. The number of hydrogen-bond acceptors (Lipinski definition) is 4. The van der Waals surface area contributed by atoms with E-state index in [9.17, 15) is 17.6 Å². The molecular weight excluding hydrogens is 357 g/mol. The molecule has 0 bridgehead atoms. The summed E-state index contributed by atoms with van der Waals surface area (Å²) in [5, 5.41) is 0. The van der Waals surface area contributed by atoms with Gasteiger partial charge in [0.05, 0.1) is 4.90 Å². The van der Waals surface area contributed by atoms with Crippen molar-refractivity contribution >= 4 is 15.9 Å². The van der Waals surface area contributed by atoms with Gasteiger partial charge in [0.2, 0.25) is 15.9 Å². The highest BCUT2D eigenvalue weighted by Crippen LogP contribution is 2.22. The smallest absolute Gasteiger partial charge is 0.243 e. The molecular formula is C18H26FN3O3S. The first-order chi connectivity index (χ1) is 12.4. The van der Waals surface area contributed by atoms with E-state index >= 15 is 0 Å². The molecule has 1 amide bonds. The zero-order chi connectivity index (χ0) is 18.7. The van der Waals surface area contributed by atoms with Gasteiger partial charge < -0.3 is 9.80 Å². The molecule has 0 aromatic heterocycles. The van der Waals surface area contributed by atoms with E-state index in [0.717, 1.165) is 25.7 Å². The van der Waals surface area contributed by atoms with Crippen molar-refractivity contribution in [1.82, 2.24) is 14.1 Å². The second-order valence-corrected chi connectivity index (χ2v) is 8.90. The lowest BCUT2D eigenvalue weighted by Crippen LogP contribution is -2.50. The number of carbonyl (C=O) groups is 1. The monoisotopic (exact) mass is 383 g/mol. The topological polar surface area (TPSA) is 60.9 Å². The number of carbonyl (C=O) groups excluding carboxylic acids is 1. The van der Waals surface area contributed by atoms with Crippen molar-refractivity contribution in [2.75, 3.05) is 45.8 Å². The van der Waals surface area contributed by atoms with Crippen molar-refractivity contribution in [2.45, 2.75) is 31.1 Å². The number of halogens is 1. The Kier molecular flexibility index (Phi) is 5.94. The molecule has 0 atom stereocenters. The first kappa shape index (κ1) is 19.3. The van der Waals surface area contributed by atoms with Crippen LogP contribution in [0, 0.1) is 12.7 Å². The molecule has 0 N–H and O–H groups in total. The molecule has 144 valence electrons. The van der Waals surface area contributed by atoms with E-state index in [4.69, 9.17) is 0 Å². The molecule has 1 aromatic carbocycles. The summed E-state index contributed by atoms with van der Waals surface area (Å²) >= 11 is 0. The fourth-order valence-electron chi connectivity index (χ4n) is 3.64. The zero-order valence-electron chi connectivity index (χ0n) is 15.2. The molecule has 2 aliphatic rings. The number of rotatable bonds is 5. The quantitative estimate of drug-likeness (QED) is 0.772. The van der Waals surface area contributed by atoms with E-state index < -0.39 is 15.8 Å². The summed E-state index contributed by atoms with van der Waals surface area (Å²) in [4.78, 5) is 16.5. The van der Waals surface area contributed by atoms with Gasteiger partial charge in [0.15, 0.2) is 0 Å². The molecule has 26 heavy (non-hydrogen) atoms. The molecule has 6 nitrogen and oxygen atoms in total. The molecule has 0 spiro atoms. The van der Waals surface area contributed by atoms with Crippen LogP contribution in [0.2, 0.25) is 0 Å². The number of sulfonamides is 1. The third-order valence-electron chi connectivity index (χ3n) is 5.19. The first-order valence-corrected chi connectivity index (χ1v) is 10.6. The molecule has 3 rings (SSSR count). The molecule has 8 heteroatoms. The summed E-state index contributed by atoms with van der Waals surface area (Å²) in [6.07, 6.45) is 2.89. The molecule has 2 aliphatic heterocycles. The van der Waals surface area contributed by atoms with Crippen LogP contribution in [0.15, 0.2) is 23.1 Å². The maximum atomic E-state index is 13.2. The molecule has 0 aliphatic carbocycles. The molecule has 2 fully saturated rings. The summed E-state index contributed by atoms with van der Waals surface area (Å²) in [6.45, 7) is 5.85. The number of hydrogen-bond donors (Lipinski definition) is 0. The van der Waals surface area contributed by atoms with Crippen LogP contribution in [-0.2, 0) is 14.8 Å². The number of benzene rings is 1. The van der Waals surface area contributed by atoms with Crippen LogP contribution in [0.3, 0.4) is 0 Å². The van der Waals surface area contributed by atoms with Crippen molar-refractivity contribution < 1.29 is 17.6 Å². The average Bonchev–Trinajstić information content (AvgIpc) is 3.13. The van der Waals surface area contributed by atoms with Crippen LogP contribution in [0.1, 0.15) is 24.8 Å². The van der Waals surface area contributed by atoms with Crippen LogP contribution < -0.4 is 0 Å². The highest BCUT2D eigenvalue weighted by atomic mass is 32.2. The first-order valence-electron chi connectivity index (χ1n) is 9.14. The largest absolute Gasteiger partial charge is 0.340 e. The lowest BCUT2D eigenvalue weighted by molar-refractivity contribution is -0.132. The van der Waals surface area contributed by atoms with E-state index in [2.05, 4.69) is 4.90 Å². The van der Waals surface area contributed by atoms with Gasteiger partial charge in [-0.2, -0.15) is 4.31 Å². The average molecular weight is 383 g/mol. The molecule has 1 aromatic rings. The maximum absolute atomic E-state index is 13.2. The van der Waals surface area contributed by atoms with Gasteiger partial charge in [-0.15, -0.1) is 0 Å². The van der Waals surface area contributed by atoms with Gasteiger partial charge in [0, 0.05) is 39.1 Å². The molecule has 0 unspecified atom stereocenters. The van der Waals surface area contributed by atoms with Crippen LogP contribution in [0.4, 0.5) is 4.39 Å². The van der Waals surface area contributed by atoms with Crippen molar-refractivity contribution in [1.29, 1.82) is 0 Å². The van der Waals surface area contributed by atoms with Gasteiger partial charge in [0.25, 0.3) is 0 Å². The number of nitrogens with zero attached hydrogens (tertiary/aromatic N) is 3. The predicted molar refractivity (Wildman–Crippen MR) is 96.8 cm³/mol. The zero-order valence-corrected chi connectivity index (χ0v) is 16.0. The third-order valence-corrected chi connectivity index (χ3v) is 7.25. The van der Waals surface area contributed by atoms with Crippen LogP contribution in [-0.4, -0.2) is 74.2 Å². The van der Waals surface area contributed by atoms with Crippen LogP contribution in [0.25, 0.3) is 0 Å². The molecule has 2 heterocycles. The minimum atomic E-state index is -3.66. The van der Waals surface area contributed by atoms with E-state index in [1.807, 2.05) is 0 Å². The normalized spacial score (nSPS) is 19.8. The summed E-state index contributed by atoms with van der Waals surface area (Å²) in [5.74, 6) is -0.359.